The largest absolute Gasteiger partial charge is 0.497 e. The first-order chi connectivity index (χ1) is 9.64. The number of methoxy groups -OCH3 is 1. The summed E-state index contributed by atoms with van der Waals surface area (Å²) in [7, 11) is 1.53. The molecule has 0 fully saturated rings. The third-order valence-electron chi connectivity index (χ3n) is 2.66. The minimum absolute atomic E-state index is 0.227. The second kappa shape index (κ2) is 6.93. The van der Waals surface area contributed by atoms with Crippen molar-refractivity contribution in [2.75, 3.05) is 7.11 Å². The lowest BCUT2D eigenvalue weighted by Crippen LogP contribution is -2.50. The Balaban J connectivity index is 2.79. The van der Waals surface area contributed by atoms with Crippen molar-refractivity contribution in [2.45, 2.75) is 39.3 Å². The van der Waals surface area contributed by atoms with Gasteiger partial charge in [0.15, 0.2) is 0 Å². The van der Waals surface area contributed by atoms with Crippen LogP contribution in [-0.4, -0.2) is 30.5 Å². The van der Waals surface area contributed by atoms with E-state index in [1.165, 1.54) is 7.11 Å². The van der Waals surface area contributed by atoms with E-state index in [0.717, 1.165) is 0 Å². The highest BCUT2D eigenvalue weighted by molar-refractivity contribution is 9.10. The Morgan fingerprint density at radius 1 is 1.29 bits per heavy atom. The molecular weight excluding hydrogens is 336 g/mol. The molecule has 1 aromatic rings. The fourth-order valence-electron chi connectivity index (χ4n) is 1.62. The van der Waals surface area contributed by atoms with E-state index in [0.29, 0.717) is 15.8 Å². The van der Waals surface area contributed by atoms with Crippen LogP contribution in [0.25, 0.3) is 0 Å². The van der Waals surface area contributed by atoms with Crippen molar-refractivity contribution in [2.24, 2.45) is 0 Å². The highest BCUT2D eigenvalue weighted by atomic mass is 79.9. The van der Waals surface area contributed by atoms with E-state index in [4.69, 9.17) is 4.74 Å². The van der Waals surface area contributed by atoms with Gasteiger partial charge in [0.05, 0.1) is 12.7 Å². The van der Waals surface area contributed by atoms with Crippen LogP contribution in [0.4, 0.5) is 0 Å². The summed E-state index contributed by atoms with van der Waals surface area (Å²) in [6.07, 6.45) is 0. The maximum Gasteiger partial charge on any atom is 0.253 e. The third kappa shape index (κ3) is 5.38. The molecule has 2 amide bonds. The molecule has 0 radical (unpaired) electrons. The summed E-state index contributed by atoms with van der Waals surface area (Å²) >= 11 is 3.32. The number of halogens is 1. The Kier molecular flexibility index (Phi) is 5.78. The Bertz CT molecular complexity index is 538. The molecule has 0 aliphatic heterocycles. The van der Waals surface area contributed by atoms with Crippen LogP contribution < -0.4 is 15.4 Å². The van der Waals surface area contributed by atoms with E-state index < -0.39 is 6.04 Å². The molecule has 21 heavy (non-hydrogen) atoms. The summed E-state index contributed by atoms with van der Waals surface area (Å²) in [5.41, 5.74) is 0.0804. The van der Waals surface area contributed by atoms with Gasteiger partial charge in [-0.05, 0) is 61.8 Å². The zero-order valence-electron chi connectivity index (χ0n) is 12.9. The van der Waals surface area contributed by atoms with Gasteiger partial charge in [-0.25, -0.2) is 0 Å². The first kappa shape index (κ1) is 17.5. The predicted octanol–water partition coefficient (Wildman–Crippen LogP) is 2.49. The van der Waals surface area contributed by atoms with Crippen molar-refractivity contribution in [3.8, 4) is 5.75 Å². The molecule has 1 aromatic carbocycles. The van der Waals surface area contributed by atoms with Gasteiger partial charge in [-0.1, -0.05) is 0 Å². The smallest absolute Gasteiger partial charge is 0.253 e. The monoisotopic (exact) mass is 356 g/mol. The van der Waals surface area contributed by atoms with Crippen LogP contribution in [-0.2, 0) is 4.79 Å². The van der Waals surface area contributed by atoms with Gasteiger partial charge in [-0.15, -0.1) is 0 Å². The molecule has 0 saturated heterocycles. The molecule has 6 heteroatoms. The molecule has 0 saturated carbocycles. The first-order valence-corrected chi connectivity index (χ1v) is 7.40. The molecule has 1 unspecified atom stereocenters. The number of nitrogens with one attached hydrogen (secondary N) is 2. The van der Waals surface area contributed by atoms with Crippen LogP contribution in [0.3, 0.4) is 0 Å². The second-order valence-electron chi connectivity index (χ2n) is 5.78. The average Bonchev–Trinajstić information content (AvgIpc) is 2.37. The highest BCUT2D eigenvalue weighted by Crippen LogP contribution is 2.22. The number of rotatable bonds is 4. The summed E-state index contributed by atoms with van der Waals surface area (Å²) in [5, 5.41) is 5.50. The normalized spacial score (nSPS) is 12.5. The van der Waals surface area contributed by atoms with Gasteiger partial charge in [0, 0.05) is 10.0 Å². The molecule has 0 bridgehead atoms. The molecule has 0 aromatic heterocycles. The van der Waals surface area contributed by atoms with Crippen molar-refractivity contribution >= 4 is 27.7 Å². The van der Waals surface area contributed by atoms with E-state index in [9.17, 15) is 9.59 Å². The number of carbonyl (C=O) groups excluding carboxylic acids is 2. The summed E-state index contributed by atoms with van der Waals surface area (Å²) in [6, 6.07) is 4.47. The predicted molar refractivity (Wildman–Crippen MR) is 85.5 cm³/mol. The Hall–Kier alpha value is -1.56. The van der Waals surface area contributed by atoms with Crippen LogP contribution in [0.2, 0.25) is 0 Å². The average molecular weight is 357 g/mol. The topological polar surface area (TPSA) is 67.4 Å². The molecule has 2 N–H and O–H groups in total. The summed E-state index contributed by atoms with van der Waals surface area (Å²) < 4.78 is 5.74. The van der Waals surface area contributed by atoms with E-state index in [2.05, 4.69) is 26.6 Å². The van der Waals surface area contributed by atoms with Crippen molar-refractivity contribution in [1.29, 1.82) is 0 Å². The fourth-order valence-corrected chi connectivity index (χ4v) is 2.05. The minimum Gasteiger partial charge on any atom is -0.497 e. The molecule has 0 aliphatic carbocycles. The van der Waals surface area contributed by atoms with Crippen molar-refractivity contribution in [3.05, 3.63) is 28.2 Å². The Morgan fingerprint density at radius 3 is 2.43 bits per heavy atom. The van der Waals surface area contributed by atoms with Gasteiger partial charge in [0.1, 0.15) is 11.8 Å². The maximum absolute atomic E-state index is 12.2. The highest BCUT2D eigenvalue weighted by Gasteiger charge is 2.22. The molecule has 5 nitrogen and oxygen atoms in total. The quantitative estimate of drug-likeness (QED) is 0.870. The lowest BCUT2D eigenvalue weighted by Gasteiger charge is -2.23. The molecule has 0 aliphatic rings. The molecule has 1 rings (SSSR count). The van der Waals surface area contributed by atoms with E-state index in [1.54, 1.807) is 25.1 Å². The Labute approximate surface area is 133 Å². The van der Waals surface area contributed by atoms with Crippen LogP contribution in [0.15, 0.2) is 22.7 Å². The zero-order valence-corrected chi connectivity index (χ0v) is 14.5. The molecular formula is C15H21BrN2O3. The lowest BCUT2D eigenvalue weighted by molar-refractivity contribution is -0.124. The van der Waals surface area contributed by atoms with Crippen molar-refractivity contribution < 1.29 is 14.3 Å². The van der Waals surface area contributed by atoms with Gasteiger partial charge in [-0.2, -0.15) is 0 Å². The van der Waals surface area contributed by atoms with Crippen LogP contribution in [0.1, 0.15) is 38.1 Å². The summed E-state index contributed by atoms with van der Waals surface area (Å²) in [6.45, 7) is 7.31. The van der Waals surface area contributed by atoms with Gasteiger partial charge >= 0.3 is 0 Å². The standard InChI is InChI=1S/C15H21BrN2O3/c1-9(13(19)18-15(2,3)4)17-14(20)11-8-10(21-5)6-7-12(11)16/h6-9H,1-5H3,(H,17,20)(H,18,19). The number of benzene rings is 1. The number of hydrogen-bond acceptors (Lipinski definition) is 3. The number of carbonyl (C=O) groups is 2. The van der Waals surface area contributed by atoms with Gasteiger partial charge in [0.2, 0.25) is 5.91 Å². The van der Waals surface area contributed by atoms with Crippen LogP contribution in [0.5, 0.6) is 5.75 Å². The molecule has 0 heterocycles. The van der Waals surface area contributed by atoms with Crippen LogP contribution >= 0.6 is 15.9 Å². The first-order valence-electron chi connectivity index (χ1n) is 6.60. The lowest BCUT2D eigenvalue weighted by atomic mass is 10.1. The molecule has 0 spiro atoms. The van der Waals surface area contributed by atoms with Crippen molar-refractivity contribution in [1.82, 2.24) is 10.6 Å². The number of hydrogen-bond donors (Lipinski definition) is 2. The number of ether oxygens (including phenoxy) is 1. The molecule has 1 atom stereocenters. The van der Waals surface area contributed by atoms with E-state index >= 15 is 0 Å². The SMILES string of the molecule is COc1ccc(Br)c(C(=O)NC(C)C(=O)NC(C)(C)C)c1. The van der Waals surface area contributed by atoms with Crippen LogP contribution in [0, 0.1) is 0 Å². The fraction of sp³-hybridized carbons (Fsp3) is 0.467. The van der Waals surface area contributed by atoms with E-state index in [-0.39, 0.29) is 17.4 Å². The summed E-state index contributed by atoms with van der Waals surface area (Å²) in [5.74, 6) is 0.0161. The van der Waals surface area contributed by atoms with Gasteiger partial charge < -0.3 is 15.4 Å². The second-order valence-corrected chi connectivity index (χ2v) is 6.63. The zero-order chi connectivity index (χ0) is 16.2. The Morgan fingerprint density at radius 2 is 1.90 bits per heavy atom. The van der Waals surface area contributed by atoms with Crippen molar-refractivity contribution in [3.63, 3.8) is 0 Å². The molecule has 116 valence electrons. The van der Waals surface area contributed by atoms with E-state index in [1.807, 2.05) is 20.8 Å². The van der Waals surface area contributed by atoms with Gasteiger partial charge in [0.25, 0.3) is 5.91 Å². The number of amides is 2. The third-order valence-corrected chi connectivity index (χ3v) is 3.35. The maximum atomic E-state index is 12.2. The summed E-state index contributed by atoms with van der Waals surface area (Å²) in [4.78, 5) is 24.2. The minimum atomic E-state index is -0.630. The van der Waals surface area contributed by atoms with Gasteiger partial charge in [-0.3, -0.25) is 9.59 Å².